The molecule has 10 nitrogen and oxygen atoms in total. The topological polar surface area (TPSA) is 152 Å². The fourth-order valence-corrected chi connectivity index (χ4v) is 11.5. The Balaban J connectivity index is 0.000000272. The lowest BCUT2D eigenvalue weighted by Crippen LogP contribution is -2.32. The maximum absolute atomic E-state index is 13.7. The number of aldehydes is 1. The number of nitrogens with zero attached hydrogens (tertiary/aromatic N) is 2. The zero-order valence-corrected chi connectivity index (χ0v) is 55.8. The molecule has 10 rings (SSSR count). The highest BCUT2D eigenvalue weighted by Gasteiger charge is 2.27. The highest BCUT2D eigenvalue weighted by atomic mass is 79.9. The normalized spacial score (nSPS) is 13.2. The molecule has 88 heavy (non-hydrogen) atoms. The minimum atomic E-state index is -0.424. The van der Waals surface area contributed by atoms with E-state index in [2.05, 4.69) is 70.3 Å². The summed E-state index contributed by atoms with van der Waals surface area (Å²) >= 11 is 27.8. The molecule has 0 fully saturated rings. The molecule has 2 aliphatic carbocycles. The number of benzene rings is 6. The number of hydrogen-bond donors (Lipinski definition) is 1. The minimum Gasteiger partial charge on any atom is -0.398 e. The summed E-state index contributed by atoms with van der Waals surface area (Å²) in [7, 11) is 3.32. The van der Waals surface area contributed by atoms with E-state index < -0.39 is 5.82 Å². The van der Waals surface area contributed by atoms with Crippen molar-refractivity contribution in [3.8, 4) is 0 Å². The van der Waals surface area contributed by atoms with Crippen molar-refractivity contribution in [2.45, 2.75) is 104 Å². The van der Waals surface area contributed by atoms with E-state index in [1.807, 2.05) is 0 Å². The van der Waals surface area contributed by atoms with Gasteiger partial charge in [-0.3, -0.25) is 28.8 Å². The molecule has 0 saturated carbocycles. The number of amides is 2. The van der Waals surface area contributed by atoms with Crippen molar-refractivity contribution >= 4 is 156 Å². The molecule has 0 radical (unpaired) electrons. The lowest BCUT2D eigenvalue weighted by atomic mass is 9.91. The van der Waals surface area contributed by atoms with Crippen molar-refractivity contribution in [3.05, 3.63) is 200 Å². The quantitative estimate of drug-likeness (QED) is 0.0355. The van der Waals surface area contributed by atoms with Crippen LogP contribution in [0.2, 0.25) is 0 Å². The predicted molar refractivity (Wildman–Crippen MR) is 352 cm³/mol. The second-order valence-electron chi connectivity index (χ2n) is 19.6. The third kappa shape index (κ3) is 22.5. The average Bonchev–Trinajstić information content (AvgIpc) is 2.43. The molecular formula is C65H64Br4Cl3F6N3O7. The van der Waals surface area contributed by atoms with Crippen molar-refractivity contribution in [2.75, 3.05) is 41.4 Å². The Labute approximate surface area is 557 Å². The van der Waals surface area contributed by atoms with Crippen molar-refractivity contribution in [3.63, 3.8) is 0 Å². The van der Waals surface area contributed by atoms with Gasteiger partial charge in [0, 0.05) is 107 Å². The number of carbonyl (C=O) groups excluding carboxylic acids is 7. The van der Waals surface area contributed by atoms with Crippen LogP contribution >= 0.6 is 98.5 Å². The van der Waals surface area contributed by atoms with Crippen LogP contribution in [0.1, 0.15) is 96.0 Å². The summed E-state index contributed by atoms with van der Waals surface area (Å²) in [5, 5.41) is -0.370. The molecule has 6 aromatic carbocycles. The van der Waals surface area contributed by atoms with Gasteiger partial charge in [0.15, 0.2) is 0 Å². The number of anilines is 3. The van der Waals surface area contributed by atoms with E-state index in [9.17, 15) is 59.9 Å². The van der Waals surface area contributed by atoms with Crippen LogP contribution in [0.5, 0.6) is 0 Å². The molecule has 4 aliphatic rings. The predicted octanol–water partition coefficient (Wildman–Crippen LogP) is 16.7. The lowest BCUT2D eigenvalue weighted by Gasteiger charge is -2.28. The van der Waals surface area contributed by atoms with Crippen molar-refractivity contribution < 1.29 is 59.9 Å². The van der Waals surface area contributed by atoms with E-state index in [1.54, 1.807) is 73.6 Å². The van der Waals surface area contributed by atoms with E-state index in [4.69, 9.17) is 40.5 Å². The van der Waals surface area contributed by atoms with Gasteiger partial charge in [-0.05, 0) is 189 Å². The smallest absolute Gasteiger partial charge is 0.227 e. The molecular weight excluding hydrogens is 1470 g/mol. The fraction of sp³-hybridized carbons (Fsp3) is 0.308. The summed E-state index contributed by atoms with van der Waals surface area (Å²) in [6.45, 7) is 3.62. The first-order valence-corrected chi connectivity index (χ1v) is 31.5. The number of carbonyl (C=O) groups is 7. The van der Waals surface area contributed by atoms with Crippen molar-refractivity contribution in [2.24, 2.45) is 0 Å². The molecule has 0 aromatic heterocycles. The fourth-order valence-electron chi connectivity index (χ4n) is 9.16. The molecule has 2 amide bonds. The van der Waals surface area contributed by atoms with Crippen LogP contribution in [0, 0.1) is 34.9 Å². The molecule has 2 N–H and O–H groups in total. The SMILES string of the molecule is C.C=CCc1c(F)ccc2c1N(C)C(=O)CC2.CN1C(=O)CCc2ccc(F)c(CC=O)c21.Nc1cccc(F)c1Br.O=C(CCCl)Cc1cccc(F)c1Br.O=C(Cl)CCCl.O=C1CCc2ccc(F)c(Br)c2C1.O=C1CCc2ccc(F)c(Br)c2C1. The van der Waals surface area contributed by atoms with Crippen molar-refractivity contribution in [1.82, 2.24) is 0 Å². The number of ketones is 3. The number of alkyl halides is 2. The molecule has 0 unspecified atom stereocenters. The van der Waals surface area contributed by atoms with Crippen LogP contribution in [0.15, 0.2) is 115 Å². The van der Waals surface area contributed by atoms with Gasteiger partial charge in [-0.1, -0.05) is 56.0 Å². The second kappa shape index (κ2) is 38.3. The van der Waals surface area contributed by atoms with E-state index >= 15 is 0 Å². The number of nitrogen functional groups attached to an aromatic ring is 1. The maximum Gasteiger partial charge on any atom is 0.227 e. The number of rotatable bonds is 10. The maximum atomic E-state index is 13.7. The van der Waals surface area contributed by atoms with Crippen LogP contribution in [-0.2, 0) is 91.3 Å². The van der Waals surface area contributed by atoms with Gasteiger partial charge in [0.1, 0.15) is 58.5 Å². The first kappa shape index (κ1) is 76.8. The van der Waals surface area contributed by atoms with Gasteiger partial charge < -0.3 is 20.3 Å². The highest BCUT2D eigenvalue weighted by Crippen LogP contribution is 2.35. The molecule has 0 atom stereocenters. The van der Waals surface area contributed by atoms with Crippen LogP contribution in [0.25, 0.3) is 0 Å². The molecule has 0 saturated heterocycles. The summed E-state index contributed by atoms with van der Waals surface area (Å²) in [5.41, 5.74) is 14.4. The minimum absolute atomic E-state index is 0. The molecule has 472 valence electrons. The largest absolute Gasteiger partial charge is 0.398 e. The molecule has 6 aromatic rings. The van der Waals surface area contributed by atoms with Crippen LogP contribution < -0.4 is 15.5 Å². The van der Waals surface area contributed by atoms with Gasteiger partial charge >= 0.3 is 0 Å². The summed E-state index contributed by atoms with van der Waals surface area (Å²) in [6.07, 6.45) is 9.25. The number of hydrogen-bond acceptors (Lipinski definition) is 8. The molecule has 0 bridgehead atoms. The molecule has 2 heterocycles. The van der Waals surface area contributed by atoms with Gasteiger partial charge in [0.25, 0.3) is 0 Å². The Hall–Kier alpha value is -5.48. The number of halogens is 13. The lowest BCUT2D eigenvalue weighted by molar-refractivity contribution is -0.119. The Bertz CT molecular complexity index is 3330. The summed E-state index contributed by atoms with van der Waals surface area (Å²) in [6, 6.07) is 21.9. The number of aryl methyl sites for hydroxylation is 4. The summed E-state index contributed by atoms with van der Waals surface area (Å²) in [5.74, 6) is -0.878. The number of fused-ring (bicyclic) bond motifs is 4. The van der Waals surface area contributed by atoms with Crippen LogP contribution in [0.4, 0.5) is 43.4 Å². The third-order valence-electron chi connectivity index (χ3n) is 13.6. The first-order chi connectivity index (χ1) is 41.3. The molecule has 23 heteroatoms. The van der Waals surface area contributed by atoms with Gasteiger partial charge in [0.2, 0.25) is 17.1 Å². The number of Topliss-reactive ketones (excluding diaryl/α,β-unsaturated/α-hetero) is 3. The molecule has 2 aliphatic heterocycles. The van der Waals surface area contributed by atoms with E-state index in [0.29, 0.717) is 128 Å². The van der Waals surface area contributed by atoms with Gasteiger partial charge in [0.05, 0.1) is 29.3 Å². The van der Waals surface area contributed by atoms with E-state index in [-0.39, 0.29) is 90.2 Å². The Morgan fingerprint density at radius 2 is 0.943 bits per heavy atom. The standard InChI is InChI=1S/C13H14FNO.C12H12FNO2.C10H9BrClFO.2C10H8BrFO.C6H5BrFN.C3H4Cl2O.CH4/c1-3-4-10-11(14)7-5-9-6-8-12(16)15(2)13(9)10;1-14-11(16)5-3-8-2-4-10(13)9(6-7-15)12(8)14;11-10-7(2-1-3-9(10)13)6-8(14)4-5-12;2*11-10-8-5-7(13)3-1-6(8)2-4-9(10)12;7-6-4(8)2-1-3-5(6)9;4-2-1-3(5)6;/h3,5,7H,1,4,6,8H2,2H3;2,4,7H,3,5-6H2,1H3;1-3H,4-6H2;2*2,4H,1,3,5H2;1-3H,9H2;1-2H2;1H4. The van der Waals surface area contributed by atoms with Gasteiger partial charge in [-0.25, -0.2) is 26.3 Å². The van der Waals surface area contributed by atoms with Crippen LogP contribution in [0.3, 0.4) is 0 Å². The first-order valence-electron chi connectivity index (χ1n) is 26.9. The second-order valence-corrected chi connectivity index (χ2v) is 23.9. The Morgan fingerprint density at radius 1 is 0.545 bits per heavy atom. The van der Waals surface area contributed by atoms with E-state index in [1.165, 1.54) is 41.3 Å². The summed E-state index contributed by atoms with van der Waals surface area (Å²) in [4.78, 5) is 79.9. The average molecular weight is 1540 g/mol. The Morgan fingerprint density at radius 3 is 1.34 bits per heavy atom. The number of allylic oxidation sites excluding steroid dienone is 1. The highest BCUT2D eigenvalue weighted by molar-refractivity contribution is 9.11. The Kier molecular flexibility index (Phi) is 33.4. The number of nitrogens with two attached hydrogens (primary N) is 1. The van der Waals surface area contributed by atoms with E-state index in [0.717, 1.165) is 51.9 Å². The zero-order chi connectivity index (χ0) is 64.7. The van der Waals surface area contributed by atoms with Gasteiger partial charge in [-0.15, -0.1) is 29.8 Å². The third-order valence-corrected chi connectivity index (χ3v) is 17.6. The van der Waals surface area contributed by atoms with Crippen LogP contribution in [-0.4, -0.2) is 66.5 Å². The monoisotopic (exact) mass is 1530 g/mol. The molecule has 0 spiro atoms. The van der Waals surface area contributed by atoms with Crippen molar-refractivity contribution in [1.29, 1.82) is 0 Å². The summed E-state index contributed by atoms with van der Waals surface area (Å²) < 4.78 is 80.5. The zero-order valence-electron chi connectivity index (χ0n) is 47.2. The van der Waals surface area contributed by atoms with Gasteiger partial charge in [-0.2, -0.15) is 0 Å².